The van der Waals surface area contributed by atoms with Gasteiger partial charge in [-0.05, 0) is 57.5 Å². The second kappa shape index (κ2) is 8.96. The SMILES string of the molecule is CC(C)Oc1cccc(N2C(=O)C(c3ccc(Cl)cc3)=C(N3CC(C)OC(C)C3)C2=O)c1. The van der Waals surface area contributed by atoms with E-state index < -0.39 is 0 Å². The van der Waals surface area contributed by atoms with E-state index in [1.54, 1.807) is 42.5 Å². The molecule has 0 aliphatic carbocycles. The quantitative estimate of drug-likeness (QED) is 0.621. The van der Waals surface area contributed by atoms with Crippen molar-refractivity contribution in [3.63, 3.8) is 0 Å². The average molecular weight is 455 g/mol. The fourth-order valence-corrected chi connectivity index (χ4v) is 4.38. The number of rotatable bonds is 5. The zero-order chi connectivity index (χ0) is 23.0. The average Bonchev–Trinajstić information content (AvgIpc) is 2.98. The summed E-state index contributed by atoms with van der Waals surface area (Å²) in [6, 6.07) is 14.1. The summed E-state index contributed by atoms with van der Waals surface area (Å²) in [7, 11) is 0. The van der Waals surface area contributed by atoms with E-state index in [1.165, 1.54) is 4.90 Å². The summed E-state index contributed by atoms with van der Waals surface area (Å²) in [4.78, 5) is 30.6. The number of carbonyl (C=O) groups is 2. The van der Waals surface area contributed by atoms with Crippen LogP contribution in [0.5, 0.6) is 5.75 Å². The molecule has 4 rings (SSSR count). The van der Waals surface area contributed by atoms with Gasteiger partial charge in [-0.15, -0.1) is 0 Å². The van der Waals surface area contributed by atoms with Crippen molar-refractivity contribution < 1.29 is 19.1 Å². The van der Waals surface area contributed by atoms with Gasteiger partial charge in [0, 0.05) is 24.2 Å². The summed E-state index contributed by atoms with van der Waals surface area (Å²) in [5, 5.41) is 0.566. The molecule has 0 N–H and O–H groups in total. The molecule has 2 aliphatic rings. The van der Waals surface area contributed by atoms with Crippen LogP contribution in [-0.4, -0.2) is 48.1 Å². The smallest absolute Gasteiger partial charge is 0.282 e. The van der Waals surface area contributed by atoms with Crippen molar-refractivity contribution in [1.29, 1.82) is 0 Å². The third kappa shape index (κ3) is 4.38. The van der Waals surface area contributed by atoms with Crippen LogP contribution in [0.15, 0.2) is 54.2 Å². The Bertz CT molecular complexity index is 1050. The van der Waals surface area contributed by atoms with Crippen LogP contribution >= 0.6 is 11.6 Å². The number of benzene rings is 2. The van der Waals surface area contributed by atoms with Crippen molar-refractivity contribution in [3.8, 4) is 5.75 Å². The molecule has 0 bridgehead atoms. The highest BCUT2D eigenvalue weighted by Gasteiger charge is 2.44. The molecule has 2 aromatic carbocycles. The van der Waals surface area contributed by atoms with Crippen LogP contribution in [0, 0.1) is 0 Å². The van der Waals surface area contributed by atoms with Crippen molar-refractivity contribution in [1.82, 2.24) is 4.90 Å². The maximum atomic E-state index is 13.7. The third-order valence-corrected chi connectivity index (χ3v) is 5.63. The van der Waals surface area contributed by atoms with Gasteiger partial charge in [0.05, 0.1) is 29.6 Å². The molecule has 1 fully saturated rings. The van der Waals surface area contributed by atoms with Gasteiger partial charge in [0.15, 0.2) is 0 Å². The number of hydrogen-bond donors (Lipinski definition) is 0. The molecule has 0 radical (unpaired) electrons. The topological polar surface area (TPSA) is 59.1 Å². The van der Waals surface area contributed by atoms with E-state index in [9.17, 15) is 9.59 Å². The Balaban J connectivity index is 1.79. The van der Waals surface area contributed by atoms with E-state index in [0.717, 1.165) is 0 Å². The van der Waals surface area contributed by atoms with Gasteiger partial charge in [-0.25, -0.2) is 4.90 Å². The number of ether oxygens (including phenoxy) is 2. The minimum Gasteiger partial charge on any atom is -0.491 e. The molecule has 7 heteroatoms. The van der Waals surface area contributed by atoms with Crippen LogP contribution in [0.25, 0.3) is 5.57 Å². The summed E-state index contributed by atoms with van der Waals surface area (Å²) in [6.07, 6.45) is -0.139. The monoisotopic (exact) mass is 454 g/mol. The predicted molar refractivity (Wildman–Crippen MR) is 125 cm³/mol. The maximum absolute atomic E-state index is 13.7. The van der Waals surface area contributed by atoms with Gasteiger partial charge in [-0.3, -0.25) is 9.59 Å². The van der Waals surface area contributed by atoms with E-state index in [4.69, 9.17) is 21.1 Å². The van der Waals surface area contributed by atoms with Crippen molar-refractivity contribution in [2.75, 3.05) is 18.0 Å². The summed E-state index contributed by atoms with van der Waals surface area (Å²) in [5.41, 5.74) is 1.92. The molecular formula is C25H27ClN2O4. The maximum Gasteiger partial charge on any atom is 0.282 e. The Kier molecular flexibility index (Phi) is 6.26. The normalized spacial score (nSPS) is 21.7. The predicted octanol–water partition coefficient (Wildman–Crippen LogP) is 4.52. The molecule has 0 saturated carbocycles. The Morgan fingerprint density at radius 3 is 2.28 bits per heavy atom. The van der Waals surface area contributed by atoms with Gasteiger partial charge in [0.2, 0.25) is 0 Å². The Morgan fingerprint density at radius 2 is 1.66 bits per heavy atom. The second-order valence-corrected chi connectivity index (χ2v) is 8.94. The van der Waals surface area contributed by atoms with Crippen LogP contribution in [0.4, 0.5) is 5.69 Å². The molecule has 6 nitrogen and oxygen atoms in total. The minimum absolute atomic E-state index is 0.0233. The lowest BCUT2D eigenvalue weighted by Crippen LogP contribution is -2.47. The Labute approximate surface area is 193 Å². The first kappa shape index (κ1) is 22.4. The molecule has 2 heterocycles. The van der Waals surface area contributed by atoms with Crippen LogP contribution in [0.1, 0.15) is 33.3 Å². The van der Waals surface area contributed by atoms with Crippen molar-refractivity contribution in [2.45, 2.75) is 46.0 Å². The summed E-state index contributed by atoms with van der Waals surface area (Å²) < 4.78 is 11.6. The second-order valence-electron chi connectivity index (χ2n) is 8.50. The molecule has 2 atom stereocenters. The standard InChI is InChI=1S/C25H27ClN2O4/c1-15(2)31-21-7-5-6-20(12-21)28-24(29)22(18-8-10-19(26)11-9-18)23(25(28)30)27-13-16(3)32-17(4)14-27/h5-12,15-17H,13-14H2,1-4H3. The molecule has 168 valence electrons. The van der Waals surface area contributed by atoms with Gasteiger partial charge < -0.3 is 14.4 Å². The highest BCUT2D eigenvalue weighted by atomic mass is 35.5. The summed E-state index contributed by atoms with van der Waals surface area (Å²) in [5.74, 6) is -0.100. The van der Waals surface area contributed by atoms with Gasteiger partial charge >= 0.3 is 0 Å². The van der Waals surface area contributed by atoms with Gasteiger partial charge in [0.1, 0.15) is 11.4 Å². The van der Waals surface area contributed by atoms with Crippen LogP contribution in [0.2, 0.25) is 5.02 Å². The van der Waals surface area contributed by atoms with Crippen LogP contribution in [-0.2, 0) is 14.3 Å². The first-order valence-electron chi connectivity index (χ1n) is 10.8. The number of carbonyl (C=O) groups excluding carboxylic acids is 2. The number of anilines is 1. The molecule has 0 spiro atoms. The number of morpholine rings is 1. The molecule has 2 aliphatic heterocycles. The lowest BCUT2D eigenvalue weighted by molar-refractivity contribution is -0.121. The third-order valence-electron chi connectivity index (χ3n) is 5.38. The fourth-order valence-electron chi connectivity index (χ4n) is 4.25. The number of hydrogen-bond acceptors (Lipinski definition) is 5. The zero-order valence-electron chi connectivity index (χ0n) is 18.7. The van der Waals surface area contributed by atoms with Crippen molar-refractivity contribution in [3.05, 3.63) is 64.8 Å². The number of nitrogens with zero attached hydrogens (tertiary/aromatic N) is 2. The molecule has 32 heavy (non-hydrogen) atoms. The first-order chi connectivity index (χ1) is 15.2. The van der Waals surface area contributed by atoms with Crippen LogP contribution < -0.4 is 9.64 Å². The molecule has 0 aromatic heterocycles. The Hall–Kier alpha value is -2.83. The number of imide groups is 1. The molecule has 2 aromatic rings. The number of amides is 2. The van der Waals surface area contributed by atoms with E-state index in [-0.39, 0.29) is 30.1 Å². The lowest BCUT2D eigenvalue weighted by atomic mass is 10.0. The Morgan fingerprint density at radius 1 is 1.00 bits per heavy atom. The highest BCUT2D eigenvalue weighted by Crippen LogP contribution is 2.37. The van der Waals surface area contributed by atoms with E-state index >= 15 is 0 Å². The van der Waals surface area contributed by atoms with Crippen LogP contribution in [0.3, 0.4) is 0 Å². The largest absolute Gasteiger partial charge is 0.491 e. The van der Waals surface area contributed by atoms with E-state index in [2.05, 4.69) is 0 Å². The fraction of sp³-hybridized carbons (Fsp3) is 0.360. The van der Waals surface area contributed by atoms with E-state index in [0.29, 0.717) is 46.4 Å². The van der Waals surface area contributed by atoms with Crippen molar-refractivity contribution in [2.24, 2.45) is 0 Å². The number of halogens is 1. The van der Waals surface area contributed by atoms with E-state index in [1.807, 2.05) is 38.7 Å². The first-order valence-corrected chi connectivity index (χ1v) is 11.2. The summed E-state index contributed by atoms with van der Waals surface area (Å²) in [6.45, 7) is 8.85. The van der Waals surface area contributed by atoms with Crippen molar-refractivity contribution >= 4 is 34.7 Å². The zero-order valence-corrected chi connectivity index (χ0v) is 19.4. The summed E-state index contributed by atoms with van der Waals surface area (Å²) >= 11 is 6.07. The molecular weight excluding hydrogens is 428 g/mol. The van der Waals surface area contributed by atoms with Gasteiger partial charge in [-0.1, -0.05) is 29.8 Å². The molecule has 2 unspecified atom stereocenters. The molecule has 1 saturated heterocycles. The van der Waals surface area contributed by atoms with Gasteiger partial charge in [0.25, 0.3) is 11.8 Å². The molecule has 2 amide bonds. The minimum atomic E-state index is -0.360. The highest BCUT2D eigenvalue weighted by molar-refractivity contribution is 6.45. The van der Waals surface area contributed by atoms with Gasteiger partial charge in [-0.2, -0.15) is 0 Å². The lowest BCUT2D eigenvalue weighted by Gasteiger charge is -2.37.